The zero-order valence-electron chi connectivity index (χ0n) is 10.5. The van der Waals surface area contributed by atoms with Gasteiger partial charge in [0.05, 0.1) is 6.61 Å². The third kappa shape index (κ3) is 5.10. The topological polar surface area (TPSA) is 37.4 Å². The molecule has 1 heterocycles. The van der Waals surface area contributed by atoms with E-state index < -0.39 is 0 Å². The van der Waals surface area contributed by atoms with Crippen LogP contribution in [0.15, 0.2) is 24.5 Å². The molecule has 0 radical (unpaired) electrons. The Morgan fingerprint density at radius 1 is 1.65 bits per heavy atom. The molecular weight excluding hydrogens is 234 g/mol. The lowest BCUT2D eigenvalue weighted by molar-refractivity contribution is 0.178. The molecule has 17 heavy (non-hydrogen) atoms. The van der Waals surface area contributed by atoms with Crippen LogP contribution in [0.2, 0.25) is 0 Å². The molecule has 1 aromatic heterocycles. The predicted molar refractivity (Wildman–Crippen MR) is 72.8 cm³/mol. The van der Waals surface area contributed by atoms with E-state index in [9.17, 15) is 0 Å². The van der Waals surface area contributed by atoms with E-state index in [1.165, 1.54) is 0 Å². The van der Waals surface area contributed by atoms with Crippen molar-refractivity contribution in [2.45, 2.75) is 19.5 Å². The van der Waals surface area contributed by atoms with E-state index in [0.29, 0.717) is 6.61 Å². The van der Waals surface area contributed by atoms with Crippen LogP contribution < -0.4 is 5.32 Å². The van der Waals surface area contributed by atoms with Gasteiger partial charge in [0, 0.05) is 39.1 Å². The van der Waals surface area contributed by atoms with Crippen LogP contribution in [-0.2, 0) is 11.3 Å². The van der Waals surface area contributed by atoms with Gasteiger partial charge in [0.15, 0.2) is 5.11 Å². The van der Waals surface area contributed by atoms with Gasteiger partial charge in [0.25, 0.3) is 0 Å². The molecule has 1 atom stereocenters. The summed E-state index contributed by atoms with van der Waals surface area (Å²) < 4.78 is 5.05. The Morgan fingerprint density at radius 3 is 3.00 bits per heavy atom. The van der Waals surface area contributed by atoms with Crippen molar-refractivity contribution >= 4 is 17.3 Å². The zero-order valence-corrected chi connectivity index (χ0v) is 11.3. The molecule has 4 nitrogen and oxygen atoms in total. The highest BCUT2D eigenvalue weighted by Gasteiger charge is 2.08. The van der Waals surface area contributed by atoms with E-state index in [4.69, 9.17) is 17.0 Å². The van der Waals surface area contributed by atoms with E-state index in [2.05, 4.69) is 10.3 Å². The van der Waals surface area contributed by atoms with Crippen molar-refractivity contribution in [1.82, 2.24) is 15.2 Å². The Bertz CT molecular complexity index is 345. The number of nitrogens with one attached hydrogen (secondary N) is 1. The molecular formula is C12H19N3OS. The summed E-state index contributed by atoms with van der Waals surface area (Å²) in [5.74, 6) is 0. The predicted octanol–water partition coefficient (Wildman–Crippen LogP) is 1.42. The molecule has 0 aliphatic heterocycles. The van der Waals surface area contributed by atoms with Gasteiger partial charge in [-0.3, -0.25) is 4.98 Å². The Morgan fingerprint density at radius 2 is 2.41 bits per heavy atom. The van der Waals surface area contributed by atoms with E-state index in [1.807, 2.05) is 37.2 Å². The summed E-state index contributed by atoms with van der Waals surface area (Å²) in [6.45, 7) is 3.42. The second-order valence-corrected chi connectivity index (χ2v) is 4.41. The molecule has 0 saturated heterocycles. The average Bonchev–Trinajstić information content (AvgIpc) is 2.30. The maximum absolute atomic E-state index is 5.31. The van der Waals surface area contributed by atoms with Gasteiger partial charge in [0.2, 0.25) is 0 Å². The average molecular weight is 253 g/mol. The summed E-state index contributed by atoms with van der Waals surface area (Å²) in [7, 11) is 3.64. The normalized spacial score (nSPS) is 11.9. The number of nitrogens with zero attached hydrogens (tertiary/aromatic N) is 2. The lowest BCUT2D eigenvalue weighted by Crippen LogP contribution is -2.43. The molecule has 0 aliphatic rings. The summed E-state index contributed by atoms with van der Waals surface area (Å²) in [6.07, 6.45) is 3.61. The molecule has 0 bridgehead atoms. The number of hydrogen-bond acceptors (Lipinski definition) is 3. The van der Waals surface area contributed by atoms with Crippen molar-refractivity contribution in [3.63, 3.8) is 0 Å². The summed E-state index contributed by atoms with van der Waals surface area (Å²) >= 11 is 5.31. The first-order chi connectivity index (χ1) is 8.13. The fraction of sp³-hybridized carbons (Fsp3) is 0.500. The minimum absolute atomic E-state index is 0.212. The maximum Gasteiger partial charge on any atom is 0.169 e. The van der Waals surface area contributed by atoms with Crippen molar-refractivity contribution in [2.75, 3.05) is 20.8 Å². The van der Waals surface area contributed by atoms with Gasteiger partial charge in [-0.2, -0.15) is 0 Å². The number of rotatable bonds is 5. The van der Waals surface area contributed by atoms with Crippen LogP contribution in [0.5, 0.6) is 0 Å². The molecule has 1 rings (SSSR count). The van der Waals surface area contributed by atoms with Gasteiger partial charge in [-0.05, 0) is 30.8 Å². The third-order valence-corrected chi connectivity index (χ3v) is 2.71. The van der Waals surface area contributed by atoms with Gasteiger partial charge < -0.3 is 15.0 Å². The maximum atomic E-state index is 5.31. The van der Waals surface area contributed by atoms with Crippen molar-refractivity contribution in [3.8, 4) is 0 Å². The lowest BCUT2D eigenvalue weighted by atomic mass is 10.3. The van der Waals surface area contributed by atoms with Crippen LogP contribution in [-0.4, -0.2) is 41.8 Å². The molecule has 1 N–H and O–H groups in total. The summed E-state index contributed by atoms with van der Waals surface area (Å²) in [5, 5.41) is 3.93. The van der Waals surface area contributed by atoms with Crippen molar-refractivity contribution in [3.05, 3.63) is 30.1 Å². The fourth-order valence-corrected chi connectivity index (χ4v) is 1.72. The highest BCUT2D eigenvalue weighted by molar-refractivity contribution is 7.80. The van der Waals surface area contributed by atoms with Gasteiger partial charge in [-0.1, -0.05) is 6.07 Å². The number of pyridine rings is 1. The van der Waals surface area contributed by atoms with Crippen molar-refractivity contribution in [1.29, 1.82) is 0 Å². The largest absolute Gasteiger partial charge is 0.383 e. The van der Waals surface area contributed by atoms with Gasteiger partial charge in [-0.15, -0.1) is 0 Å². The van der Waals surface area contributed by atoms with Crippen LogP contribution in [0.3, 0.4) is 0 Å². The highest BCUT2D eigenvalue weighted by Crippen LogP contribution is 2.01. The Hall–Kier alpha value is -1.20. The number of hydrogen-bond donors (Lipinski definition) is 1. The first kappa shape index (κ1) is 13.9. The number of ether oxygens (including phenoxy) is 1. The molecule has 0 aliphatic carbocycles. The molecule has 0 fully saturated rings. The first-order valence-electron chi connectivity index (χ1n) is 5.53. The van der Waals surface area contributed by atoms with Crippen LogP contribution in [0.4, 0.5) is 0 Å². The Labute approximate surface area is 108 Å². The fourth-order valence-electron chi connectivity index (χ4n) is 1.45. The van der Waals surface area contributed by atoms with Crippen molar-refractivity contribution < 1.29 is 4.74 Å². The molecule has 0 aromatic carbocycles. The van der Waals surface area contributed by atoms with Crippen LogP contribution in [0, 0.1) is 0 Å². The standard InChI is InChI=1S/C12H19N3OS/c1-10(9-16-3)14-12(17)15(2)8-11-5-4-6-13-7-11/h4-7,10H,8-9H2,1-3H3,(H,14,17). The van der Waals surface area contributed by atoms with Crippen molar-refractivity contribution in [2.24, 2.45) is 0 Å². The second kappa shape index (κ2) is 7.19. The van der Waals surface area contributed by atoms with Gasteiger partial charge in [0.1, 0.15) is 0 Å². The number of thiocarbonyl (C=S) groups is 1. The van der Waals surface area contributed by atoms with E-state index >= 15 is 0 Å². The van der Waals surface area contributed by atoms with Gasteiger partial charge in [-0.25, -0.2) is 0 Å². The summed E-state index contributed by atoms with van der Waals surface area (Å²) in [5.41, 5.74) is 1.14. The molecule has 0 saturated carbocycles. The minimum atomic E-state index is 0.212. The Balaban J connectivity index is 2.42. The minimum Gasteiger partial charge on any atom is -0.383 e. The molecule has 94 valence electrons. The summed E-state index contributed by atoms with van der Waals surface area (Å²) in [6, 6.07) is 4.17. The van der Waals surface area contributed by atoms with E-state index in [-0.39, 0.29) is 6.04 Å². The van der Waals surface area contributed by atoms with Crippen LogP contribution in [0.1, 0.15) is 12.5 Å². The smallest absolute Gasteiger partial charge is 0.169 e. The molecule has 1 aromatic rings. The summed E-state index contributed by atoms with van der Waals surface area (Å²) in [4.78, 5) is 6.06. The van der Waals surface area contributed by atoms with Crippen LogP contribution in [0.25, 0.3) is 0 Å². The number of methoxy groups -OCH3 is 1. The van der Waals surface area contributed by atoms with E-state index in [0.717, 1.165) is 17.2 Å². The molecule has 0 amide bonds. The SMILES string of the molecule is COCC(C)NC(=S)N(C)Cc1cccnc1. The van der Waals surface area contributed by atoms with Gasteiger partial charge >= 0.3 is 0 Å². The molecule has 0 spiro atoms. The Kier molecular flexibility index (Phi) is 5.86. The quantitative estimate of drug-likeness (QED) is 0.803. The van der Waals surface area contributed by atoms with Crippen LogP contribution >= 0.6 is 12.2 Å². The molecule has 5 heteroatoms. The molecule has 1 unspecified atom stereocenters. The highest BCUT2D eigenvalue weighted by atomic mass is 32.1. The monoisotopic (exact) mass is 253 g/mol. The van der Waals surface area contributed by atoms with E-state index in [1.54, 1.807) is 13.3 Å². The first-order valence-corrected chi connectivity index (χ1v) is 5.93. The third-order valence-electron chi connectivity index (χ3n) is 2.28. The zero-order chi connectivity index (χ0) is 12.7. The number of aromatic nitrogens is 1. The lowest BCUT2D eigenvalue weighted by Gasteiger charge is -2.23. The second-order valence-electron chi connectivity index (χ2n) is 4.02.